The van der Waals surface area contributed by atoms with E-state index < -0.39 is 91.8 Å². The number of methoxy groups -OCH3 is 1. The van der Waals surface area contributed by atoms with Crippen molar-refractivity contribution >= 4 is 44.6 Å². The van der Waals surface area contributed by atoms with Crippen LogP contribution in [-0.4, -0.2) is 89.2 Å². The Kier molecular flexibility index (Phi) is 13.0. The van der Waals surface area contributed by atoms with E-state index in [0.717, 1.165) is 13.8 Å². The summed E-state index contributed by atoms with van der Waals surface area (Å²) in [5.74, 6) is -4.57. The molecule has 1 aromatic carbocycles. The first-order valence-corrected chi connectivity index (χ1v) is 22.8. The van der Waals surface area contributed by atoms with Gasteiger partial charge in [0.25, 0.3) is 0 Å². The number of allylic oxidation sites excluding steroid dienone is 2. The molecule has 3 heterocycles. The fourth-order valence-electron chi connectivity index (χ4n) is 8.69. The Morgan fingerprint density at radius 1 is 1.08 bits per heavy atom. The maximum absolute atomic E-state index is 15.1. The number of alkyl halides is 3. The van der Waals surface area contributed by atoms with Gasteiger partial charge in [-0.05, 0) is 89.2 Å². The van der Waals surface area contributed by atoms with Crippen LogP contribution in [0.2, 0.25) is 0 Å². The molecule has 0 bridgehead atoms. The standard InChI is InChI=1S/C44H59F3N4O9S/c1-9-27-18-26(4)12-10-11-13-28-22-43(28,40(55)50-61(56,57)42(7)16-17-42)23-35(52)34-20-30(24-51(34)39(54)31(27)21-36(53)60-41(5,6)44(45,46)47)59-38-37(25(2)3)48-32-15-14-29(58-8)19-33(32)49-38/h11,13-15,19,25-28,30-31,34H,9-10,12,16-18,20-24H2,1-8H3,(H,50,55)/b13-11-/t26-,27-,28-,30-,31+,34+,43-/m1/s1. The molecule has 4 aliphatic rings. The van der Waals surface area contributed by atoms with Crippen molar-refractivity contribution in [3.8, 4) is 11.6 Å². The Balaban J connectivity index is 1.39. The van der Waals surface area contributed by atoms with Crippen molar-refractivity contribution < 1.29 is 55.0 Å². The second-order valence-corrected chi connectivity index (χ2v) is 20.9. The third kappa shape index (κ3) is 9.70. The van der Waals surface area contributed by atoms with Crippen molar-refractivity contribution in [2.75, 3.05) is 13.7 Å². The van der Waals surface area contributed by atoms with Gasteiger partial charge >= 0.3 is 12.1 Å². The van der Waals surface area contributed by atoms with E-state index >= 15 is 4.79 Å². The van der Waals surface area contributed by atoms with Crippen molar-refractivity contribution in [3.05, 3.63) is 36.0 Å². The number of Topliss-reactive ketones (excluding diaryl/α,β-unsaturated/α-hetero) is 1. The maximum Gasteiger partial charge on any atom is 0.427 e. The topological polar surface area (TPSA) is 171 Å². The van der Waals surface area contributed by atoms with E-state index in [1.165, 1.54) is 12.0 Å². The summed E-state index contributed by atoms with van der Waals surface area (Å²) in [5, 5.41) is 0. The first-order chi connectivity index (χ1) is 28.4. The number of halogens is 3. The SMILES string of the molecule is CC[C@@H]1C[C@H](C)CC/C=C\[C@@H]2C[C@@]2(C(=O)NS(=O)(=O)C2(C)CC2)CC(=O)[C@@H]2C[C@@H](Oc3nc4cc(OC)ccc4nc3C(C)C)CN2C(=O)[C@H]1CC(=O)OC(C)(C)C(F)(F)F. The molecule has 7 atom stereocenters. The second kappa shape index (κ2) is 17.1. The molecule has 13 nitrogen and oxygen atoms in total. The molecular weight excluding hydrogens is 818 g/mol. The summed E-state index contributed by atoms with van der Waals surface area (Å²) >= 11 is 0. The van der Waals surface area contributed by atoms with Crippen LogP contribution in [0, 0.1) is 29.1 Å². The number of sulfonamides is 1. The Hall–Kier alpha value is -4.28. The number of ether oxygens (including phenoxy) is 3. The molecule has 1 aromatic heterocycles. The molecule has 3 fully saturated rings. The van der Waals surface area contributed by atoms with Crippen molar-refractivity contribution in [1.29, 1.82) is 0 Å². The zero-order chi connectivity index (χ0) is 44.9. The lowest BCUT2D eigenvalue weighted by Gasteiger charge is -2.34. The number of benzene rings is 1. The van der Waals surface area contributed by atoms with Crippen LogP contribution in [0.4, 0.5) is 13.2 Å². The number of hydrogen-bond donors (Lipinski definition) is 1. The summed E-state index contributed by atoms with van der Waals surface area (Å²) in [7, 11) is -2.52. The first-order valence-electron chi connectivity index (χ1n) is 21.3. The summed E-state index contributed by atoms with van der Waals surface area (Å²) in [5.41, 5.74) is -2.61. The van der Waals surface area contributed by atoms with Crippen LogP contribution in [0.15, 0.2) is 30.4 Å². The highest BCUT2D eigenvalue weighted by Crippen LogP contribution is 2.58. The molecule has 0 unspecified atom stereocenters. The van der Waals surface area contributed by atoms with Gasteiger partial charge < -0.3 is 19.1 Å². The summed E-state index contributed by atoms with van der Waals surface area (Å²) in [4.78, 5) is 68.3. The number of esters is 1. The second-order valence-electron chi connectivity index (χ2n) is 18.7. The molecule has 2 aliphatic carbocycles. The number of hydrogen-bond acceptors (Lipinski definition) is 11. The Morgan fingerprint density at radius 3 is 2.41 bits per heavy atom. The minimum absolute atomic E-state index is 0.0148. The van der Waals surface area contributed by atoms with Gasteiger partial charge in [0.2, 0.25) is 33.3 Å². The number of nitrogens with zero attached hydrogens (tertiary/aromatic N) is 3. The summed E-state index contributed by atoms with van der Waals surface area (Å²) < 4.78 is 86.4. The minimum Gasteiger partial charge on any atom is -0.497 e. The minimum atomic E-state index is -4.87. The third-order valence-corrected chi connectivity index (χ3v) is 15.4. The van der Waals surface area contributed by atoms with Gasteiger partial charge in [-0.3, -0.25) is 23.9 Å². The van der Waals surface area contributed by atoms with Gasteiger partial charge in [-0.25, -0.2) is 18.4 Å². The van der Waals surface area contributed by atoms with E-state index in [4.69, 9.17) is 24.2 Å². The molecule has 336 valence electrons. The number of aromatic nitrogens is 2. The zero-order valence-corrected chi connectivity index (χ0v) is 37.1. The molecule has 61 heavy (non-hydrogen) atoms. The van der Waals surface area contributed by atoms with E-state index in [0.29, 0.717) is 61.0 Å². The Morgan fingerprint density at radius 2 is 1.79 bits per heavy atom. The van der Waals surface area contributed by atoms with Gasteiger partial charge in [0.1, 0.15) is 17.5 Å². The van der Waals surface area contributed by atoms with E-state index in [1.54, 1.807) is 25.1 Å². The molecule has 2 amide bonds. The monoisotopic (exact) mass is 876 g/mol. The Bertz CT molecular complexity index is 2170. The van der Waals surface area contributed by atoms with Crippen LogP contribution in [0.3, 0.4) is 0 Å². The highest BCUT2D eigenvalue weighted by molar-refractivity contribution is 7.91. The van der Waals surface area contributed by atoms with Crippen LogP contribution in [0.25, 0.3) is 11.0 Å². The predicted octanol–water partition coefficient (Wildman–Crippen LogP) is 7.37. The number of rotatable bonds is 11. The summed E-state index contributed by atoms with van der Waals surface area (Å²) in [6.07, 6.45) is 0.150. The fourth-order valence-corrected chi connectivity index (χ4v) is 10.0. The molecule has 2 aromatic rings. The molecule has 6 rings (SSSR count). The van der Waals surface area contributed by atoms with Gasteiger partial charge in [-0.2, -0.15) is 13.2 Å². The van der Waals surface area contributed by atoms with Gasteiger partial charge in [-0.1, -0.05) is 46.3 Å². The van der Waals surface area contributed by atoms with Gasteiger partial charge in [0, 0.05) is 24.8 Å². The number of fused-ring (bicyclic) bond motifs is 3. The van der Waals surface area contributed by atoms with Crippen molar-refractivity contribution in [2.24, 2.45) is 29.1 Å². The molecule has 1 N–H and O–H groups in total. The van der Waals surface area contributed by atoms with Crippen LogP contribution in [0.1, 0.15) is 124 Å². The number of carbonyl (C=O) groups is 4. The molecule has 17 heteroatoms. The van der Waals surface area contributed by atoms with E-state index in [9.17, 15) is 36.0 Å². The molecule has 0 spiro atoms. The lowest BCUT2D eigenvalue weighted by Crippen LogP contribution is -2.49. The lowest BCUT2D eigenvalue weighted by atomic mass is 9.79. The zero-order valence-electron chi connectivity index (χ0n) is 36.3. The molecule has 0 radical (unpaired) electrons. The average Bonchev–Trinajstić information content (AvgIpc) is 4.06. The number of nitrogens with one attached hydrogen (secondary N) is 1. The van der Waals surface area contributed by atoms with Crippen molar-refractivity contribution in [2.45, 2.75) is 147 Å². The number of ketones is 1. The van der Waals surface area contributed by atoms with Crippen LogP contribution in [0.5, 0.6) is 11.6 Å². The molecule has 2 saturated carbocycles. The average molecular weight is 877 g/mol. The molecule has 1 saturated heterocycles. The highest BCUT2D eigenvalue weighted by Gasteiger charge is 2.63. The number of amides is 2. The predicted molar refractivity (Wildman–Crippen MR) is 220 cm³/mol. The quantitative estimate of drug-likeness (QED) is 0.177. The smallest absolute Gasteiger partial charge is 0.427 e. The summed E-state index contributed by atoms with van der Waals surface area (Å²) in [6, 6.07) is 4.05. The largest absolute Gasteiger partial charge is 0.497 e. The molecular formula is C44H59F3N4O9S. The third-order valence-electron chi connectivity index (χ3n) is 13.3. The van der Waals surface area contributed by atoms with E-state index in [2.05, 4.69) is 4.72 Å². The van der Waals surface area contributed by atoms with E-state index in [-0.39, 0.29) is 43.5 Å². The van der Waals surface area contributed by atoms with Crippen molar-refractivity contribution in [3.63, 3.8) is 0 Å². The van der Waals surface area contributed by atoms with Crippen LogP contribution < -0.4 is 14.2 Å². The van der Waals surface area contributed by atoms with E-state index in [1.807, 2.05) is 39.8 Å². The van der Waals surface area contributed by atoms with Crippen molar-refractivity contribution in [1.82, 2.24) is 19.6 Å². The van der Waals surface area contributed by atoms with Gasteiger partial charge in [0.15, 0.2) is 5.78 Å². The maximum atomic E-state index is 15.1. The van der Waals surface area contributed by atoms with Gasteiger partial charge in [-0.15, -0.1) is 0 Å². The highest BCUT2D eigenvalue weighted by atomic mass is 32.2. The van der Waals surface area contributed by atoms with Crippen LogP contribution in [-0.2, 0) is 33.9 Å². The van der Waals surface area contributed by atoms with Gasteiger partial charge in [0.05, 0.1) is 53.2 Å². The summed E-state index contributed by atoms with van der Waals surface area (Å²) in [6.45, 7) is 10.6. The fraction of sp³-hybridized carbons (Fsp3) is 0.682. The first kappa shape index (κ1) is 46.2. The van der Waals surface area contributed by atoms with Crippen LogP contribution >= 0.6 is 0 Å². The normalized spacial score (nSPS) is 28.9. The molecule has 2 aliphatic heterocycles. The lowest BCUT2D eigenvalue weighted by molar-refractivity contribution is -0.257. The Labute approximate surface area is 356 Å². The number of carbonyl (C=O) groups excluding carboxylic acids is 4.